The van der Waals surface area contributed by atoms with Gasteiger partial charge in [0.1, 0.15) is 11.5 Å². The number of ether oxygens (including phenoxy) is 2. The lowest BCUT2D eigenvalue weighted by atomic mass is 9.99. The molecular weight excluding hydrogens is 248 g/mol. The van der Waals surface area contributed by atoms with E-state index in [4.69, 9.17) is 9.47 Å². The number of hydrogen-bond donors (Lipinski definition) is 0. The standard InChI is InChI=1S/C18H14O2/c1-11-12(2)20-18-16-10-6-4-8-14(16)13-7-3-5-9-15(13)17(18)19-11/h3-10H,1-2H3. The fourth-order valence-electron chi connectivity index (χ4n) is 2.73. The van der Waals surface area contributed by atoms with E-state index in [-0.39, 0.29) is 0 Å². The van der Waals surface area contributed by atoms with Crippen LogP contribution in [0.4, 0.5) is 0 Å². The summed E-state index contributed by atoms with van der Waals surface area (Å²) in [5.41, 5.74) is 0. The maximum absolute atomic E-state index is 6.02. The second-order valence-electron chi connectivity index (χ2n) is 5.07. The molecule has 3 aromatic carbocycles. The van der Waals surface area contributed by atoms with E-state index in [0.717, 1.165) is 33.8 Å². The Balaban J connectivity index is 2.21. The molecule has 98 valence electrons. The zero-order valence-corrected chi connectivity index (χ0v) is 11.4. The minimum absolute atomic E-state index is 0.818. The van der Waals surface area contributed by atoms with Crippen LogP contribution in [0, 0.1) is 0 Å². The first-order valence-corrected chi connectivity index (χ1v) is 6.72. The lowest BCUT2D eigenvalue weighted by Gasteiger charge is -2.23. The second kappa shape index (κ2) is 4.01. The van der Waals surface area contributed by atoms with Crippen LogP contribution >= 0.6 is 0 Å². The lowest BCUT2D eigenvalue weighted by molar-refractivity contribution is 0.302. The molecule has 0 atom stereocenters. The molecule has 20 heavy (non-hydrogen) atoms. The highest BCUT2D eigenvalue weighted by atomic mass is 16.6. The van der Waals surface area contributed by atoms with Gasteiger partial charge in [-0.15, -0.1) is 0 Å². The number of fused-ring (bicyclic) bond motifs is 6. The minimum Gasteiger partial charge on any atom is -0.454 e. The molecule has 1 heterocycles. The van der Waals surface area contributed by atoms with Crippen LogP contribution in [-0.2, 0) is 0 Å². The van der Waals surface area contributed by atoms with Crippen LogP contribution in [0.25, 0.3) is 21.5 Å². The van der Waals surface area contributed by atoms with Crippen LogP contribution in [0.15, 0.2) is 60.0 Å². The van der Waals surface area contributed by atoms with E-state index in [1.807, 2.05) is 26.0 Å². The quantitative estimate of drug-likeness (QED) is 0.530. The summed E-state index contributed by atoms with van der Waals surface area (Å²) in [6.07, 6.45) is 0. The van der Waals surface area contributed by atoms with Gasteiger partial charge in [0.05, 0.1) is 0 Å². The first-order valence-electron chi connectivity index (χ1n) is 6.72. The molecule has 2 nitrogen and oxygen atoms in total. The third-order valence-electron chi connectivity index (χ3n) is 3.85. The van der Waals surface area contributed by atoms with Gasteiger partial charge < -0.3 is 9.47 Å². The van der Waals surface area contributed by atoms with E-state index < -0.39 is 0 Å². The summed E-state index contributed by atoms with van der Waals surface area (Å²) in [6.45, 7) is 3.87. The van der Waals surface area contributed by atoms with Crippen LogP contribution in [0.5, 0.6) is 11.5 Å². The minimum atomic E-state index is 0.818. The highest BCUT2D eigenvalue weighted by Gasteiger charge is 2.22. The van der Waals surface area contributed by atoms with Crippen LogP contribution in [0.3, 0.4) is 0 Å². The average Bonchev–Trinajstić information content (AvgIpc) is 2.49. The van der Waals surface area contributed by atoms with E-state index >= 15 is 0 Å². The fourth-order valence-corrected chi connectivity index (χ4v) is 2.73. The summed E-state index contributed by atoms with van der Waals surface area (Å²) in [5.74, 6) is 3.28. The molecule has 0 N–H and O–H groups in total. The molecule has 0 amide bonds. The summed E-state index contributed by atoms with van der Waals surface area (Å²) < 4.78 is 12.0. The predicted molar refractivity (Wildman–Crippen MR) is 81.1 cm³/mol. The molecule has 0 radical (unpaired) electrons. The van der Waals surface area contributed by atoms with Crippen molar-refractivity contribution in [2.24, 2.45) is 0 Å². The van der Waals surface area contributed by atoms with Crippen molar-refractivity contribution in [2.45, 2.75) is 13.8 Å². The maximum atomic E-state index is 6.02. The Labute approximate surface area is 117 Å². The molecule has 0 spiro atoms. The number of benzene rings is 3. The first kappa shape index (κ1) is 11.4. The van der Waals surface area contributed by atoms with Crippen LogP contribution in [-0.4, -0.2) is 0 Å². The molecule has 4 rings (SSSR count). The topological polar surface area (TPSA) is 18.5 Å². The van der Waals surface area contributed by atoms with Gasteiger partial charge in [-0.1, -0.05) is 48.5 Å². The Bertz CT molecular complexity index is 802. The van der Waals surface area contributed by atoms with E-state index in [2.05, 4.69) is 36.4 Å². The Morgan fingerprint density at radius 1 is 0.550 bits per heavy atom. The molecule has 1 aliphatic rings. The van der Waals surface area contributed by atoms with Gasteiger partial charge in [-0.25, -0.2) is 0 Å². The van der Waals surface area contributed by atoms with Gasteiger partial charge in [-0.2, -0.15) is 0 Å². The van der Waals surface area contributed by atoms with Crippen molar-refractivity contribution < 1.29 is 9.47 Å². The number of allylic oxidation sites excluding steroid dienone is 2. The van der Waals surface area contributed by atoms with Crippen molar-refractivity contribution in [1.82, 2.24) is 0 Å². The zero-order valence-electron chi connectivity index (χ0n) is 11.4. The van der Waals surface area contributed by atoms with Gasteiger partial charge in [0.15, 0.2) is 11.5 Å². The van der Waals surface area contributed by atoms with E-state index in [0.29, 0.717) is 0 Å². The molecule has 0 saturated carbocycles. The van der Waals surface area contributed by atoms with E-state index in [1.165, 1.54) is 10.8 Å². The van der Waals surface area contributed by atoms with Crippen molar-refractivity contribution in [1.29, 1.82) is 0 Å². The van der Waals surface area contributed by atoms with Gasteiger partial charge in [0.25, 0.3) is 0 Å². The van der Waals surface area contributed by atoms with Crippen molar-refractivity contribution in [3.8, 4) is 11.5 Å². The van der Waals surface area contributed by atoms with Crippen molar-refractivity contribution in [3.63, 3.8) is 0 Å². The molecule has 0 aliphatic carbocycles. The maximum Gasteiger partial charge on any atom is 0.178 e. The molecule has 2 heteroatoms. The number of rotatable bonds is 0. The molecule has 0 bridgehead atoms. The summed E-state index contributed by atoms with van der Waals surface area (Å²) in [5, 5.41) is 4.57. The normalized spacial score (nSPS) is 14.1. The Kier molecular flexibility index (Phi) is 2.27. The van der Waals surface area contributed by atoms with Gasteiger partial charge in [-0.05, 0) is 24.6 Å². The van der Waals surface area contributed by atoms with Gasteiger partial charge in [-0.3, -0.25) is 0 Å². The third-order valence-corrected chi connectivity index (χ3v) is 3.85. The summed E-state index contributed by atoms with van der Waals surface area (Å²) in [4.78, 5) is 0. The molecule has 0 saturated heterocycles. The molecule has 0 fully saturated rings. The largest absolute Gasteiger partial charge is 0.454 e. The van der Waals surface area contributed by atoms with E-state index in [9.17, 15) is 0 Å². The zero-order chi connectivity index (χ0) is 13.7. The molecule has 1 aliphatic heterocycles. The molecule has 3 aromatic rings. The van der Waals surface area contributed by atoms with Crippen molar-refractivity contribution in [3.05, 3.63) is 60.0 Å². The fraction of sp³-hybridized carbons (Fsp3) is 0.111. The highest BCUT2D eigenvalue weighted by Crippen LogP contribution is 2.47. The predicted octanol–water partition coefficient (Wildman–Crippen LogP) is 5.02. The van der Waals surface area contributed by atoms with Crippen LogP contribution in [0.1, 0.15) is 13.8 Å². The van der Waals surface area contributed by atoms with Crippen LogP contribution < -0.4 is 9.47 Å². The first-order chi connectivity index (χ1) is 9.75. The average molecular weight is 262 g/mol. The van der Waals surface area contributed by atoms with Crippen molar-refractivity contribution in [2.75, 3.05) is 0 Å². The Morgan fingerprint density at radius 2 is 0.900 bits per heavy atom. The van der Waals surface area contributed by atoms with Crippen LogP contribution in [0.2, 0.25) is 0 Å². The van der Waals surface area contributed by atoms with Gasteiger partial charge >= 0.3 is 0 Å². The van der Waals surface area contributed by atoms with Crippen molar-refractivity contribution >= 4 is 21.5 Å². The smallest absolute Gasteiger partial charge is 0.178 e. The molecular formula is C18H14O2. The highest BCUT2D eigenvalue weighted by molar-refractivity contribution is 6.13. The summed E-state index contributed by atoms with van der Waals surface area (Å²) in [6, 6.07) is 16.6. The monoisotopic (exact) mass is 262 g/mol. The van der Waals surface area contributed by atoms with E-state index in [1.54, 1.807) is 0 Å². The Morgan fingerprint density at radius 3 is 1.30 bits per heavy atom. The molecule has 0 aromatic heterocycles. The summed E-state index contributed by atoms with van der Waals surface area (Å²) >= 11 is 0. The second-order valence-corrected chi connectivity index (χ2v) is 5.07. The Hall–Kier alpha value is -2.48. The lowest BCUT2D eigenvalue weighted by Crippen LogP contribution is -2.08. The van der Waals surface area contributed by atoms with Gasteiger partial charge in [0, 0.05) is 10.8 Å². The third kappa shape index (κ3) is 1.45. The molecule has 0 unspecified atom stereocenters. The number of hydrogen-bond acceptors (Lipinski definition) is 2. The summed E-state index contributed by atoms with van der Waals surface area (Å²) in [7, 11) is 0. The SMILES string of the molecule is CC1=C(C)Oc2c(c3ccccc3c3ccccc23)O1. The van der Waals surface area contributed by atoms with Gasteiger partial charge in [0.2, 0.25) is 0 Å².